The van der Waals surface area contributed by atoms with E-state index in [4.69, 9.17) is 5.21 Å². The lowest BCUT2D eigenvalue weighted by molar-refractivity contribution is 0.321. The molecule has 88 valence electrons. The van der Waals surface area contributed by atoms with Gasteiger partial charge in [0.05, 0.1) is 12.4 Å². The van der Waals surface area contributed by atoms with Crippen LogP contribution in [0.15, 0.2) is 20.9 Å². The fourth-order valence-corrected chi connectivity index (χ4v) is 1.47. The summed E-state index contributed by atoms with van der Waals surface area (Å²) in [5.41, 5.74) is -0.542. The molecule has 0 amide bonds. The molecule has 0 aliphatic rings. The molecule has 0 aliphatic heterocycles. The van der Waals surface area contributed by atoms with E-state index in [1.165, 1.54) is 24.9 Å². The van der Waals surface area contributed by atoms with E-state index < -0.39 is 11.2 Å². The summed E-state index contributed by atoms with van der Waals surface area (Å²) in [6.45, 7) is 0. The van der Waals surface area contributed by atoms with Gasteiger partial charge in [-0.1, -0.05) is 5.16 Å². The second-order valence-corrected chi connectivity index (χ2v) is 3.42. The van der Waals surface area contributed by atoms with Crippen molar-refractivity contribution in [3.8, 4) is 0 Å². The molecule has 2 heterocycles. The molecule has 0 unspecified atom stereocenters. The maximum atomic E-state index is 11.8. The number of aryl methyl sites for hydroxylation is 1. The van der Waals surface area contributed by atoms with Crippen molar-refractivity contribution in [3.63, 3.8) is 0 Å². The molecule has 0 bridgehead atoms. The van der Waals surface area contributed by atoms with Gasteiger partial charge < -0.3 is 5.21 Å². The average Bonchev–Trinajstić information content (AvgIpc) is 2.34. The Morgan fingerprint density at radius 1 is 1.35 bits per heavy atom. The van der Waals surface area contributed by atoms with Gasteiger partial charge in [-0.05, 0) is 0 Å². The zero-order valence-electron chi connectivity index (χ0n) is 9.15. The number of hydrogen-bond donors (Lipinski definition) is 1. The van der Waals surface area contributed by atoms with Gasteiger partial charge in [0.1, 0.15) is 5.69 Å². The zero-order valence-corrected chi connectivity index (χ0v) is 9.15. The van der Waals surface area contributed by atoms with Gasteiger partial charge in [0, 0.05) is 14.1 Å². The van der Waals surface area contributed by atoms with Gasteiger partial charge in [-0.3, -0.25) is 13.9 Å². The lowest BCUT2D eigenvalue weighted by Gasteiger charge is -2.05. The van der Waals surface area contributed by atoms with Crippen LogP contribution in [0, 0.1) is 0 Å². The Morgan fingerprint density at radius 3 is 2.71 bits per heavy atom. The molecule has 2 aromatic rings. The number of oxime groups is 1. The number of rotatable bonds is 1. The minimum atomic E-state index is -0.538. The van der Waals surface area contributed by atoms with Gasteiger partial charge in [0.15, 0.2) is 11.2 Å². The van der Waals surface area contributed by atoms with Crippen LogP contribution in [-0.4, -0.2) is 30.5 Å². The highest BCUT2D eigenvalue weighted by Gasteiger charge is 2.10. The summed E-state index contributed by atoms with van der Waals surface area (Å²) in [6.07, 6.45) is 2.36. The molecule has 0 fully saturated rings. The molecule has 0 saturated carbocycles. The summed E-state index contributed by atoms with van der Waals surface area (Å²) in [4.78, 5) is 31.3. The first-order valence-electron chi connectivity index (χ1n) is 4.66. The molecular formula is C9H9N5O3. The Labute approximate surface area is 94.5 Å². The molecule has 8 nitrogen and oxygen atoms in total. The fraction of sp³-hybridized carbons (Fsp3) is 0.222. The van der Waals surface area contributed by atoms with Crippen LogP contribution in [0.1, 0.15) is 5.69 Å². The Bertz CT molecular complexity index is 728. The number of aromatic nitrogens is 4. The largest absolute Gasteiger partial charge is 0.411 e. The van der Waals surface area contributed by atoms with Gasteiger partial charge in [0.25, 0.3) is 5.56 Å². The van der Waals surface area contributed by atoms with Crippen LogP contribution in [0.5, 0.6) is 0 Å². The van der Waals surface area contributed by atoms with E-state index in [-0.39, 0.29) is 16.9 Å². The maximum absolute atomic E-state index is 11.8. The third-order valence-corrected chi connectivity index (χ3v) is 2.36. The monoisotopic (exact) mass is 235 g/mol. The van der Waals surface area contributed by atoms with E-state index in [9.17, 15) is 9.59 Å². The van der Waals surface area contributed by atoms with E-state index >= 15 is 0 Å². The summed E-state index contributed by atoms with van der Waals surface area (Å²) >= 11 is 0. The van der Waals surface area contributed by atoms with Crippen LogP contribution in [-0.2, 0) is 14.1 Å². The topological polar surface area (TPSA) is 102 Å². The molecular weight excluding hydrogens is 226 g/mol. The standard InChI is InChI=1S/C9H9N5O3/c1-13-7-6(8(15)14(2)9(13)16)12-5(3-10-7)4-11-17/h3-4,17H,1-2H3/b11-4-. The molecule has 0 aromatic carbocycles. The predicted octanol–water partition coefficient (Wildman–Crippen LogP) is -1.16. The smallest absolute Gasteiger partial charge is 0.332 e. The second-order valence-electron chi connectivity index (χ2n) is 3.42. The second kappa shape index (κ2) is 3.81. The Balaban J connectivity index is 2.97. The predicted molar refractivity (Wildman–Crippen MR) is 59.4 cm³/mol. The molecule has 0 radical (unpaired) electrons. The van der Waals surface area contributed by atoms with Crippen LogP contribution in [0.4, 0.5) is 0 Å². The van der Waals surface area contributed by atoms with Crippen molar-refractivity contribution < 1.29 is 5.21 Å². The number of nitrogens with zero attached hydrogens (tertiary/aromatic N) is 5. The molecule has 0 aliphatic carbocycles. The summed E-state index contributed by atoms with van der Waals surface area (Å²) in [6, 6.07) is 0. The minimum Gasteiger partial charge on any atom is -0.411 e. The van der Waals surface area contributed by atoms with Gasteiger partial charge in [-0.25, -0.2) is 14.8 Å². The molecule has 0 saturated heterocycles. The molecule has 2 rings (SSSR count). The first-order chi connectivity index (χ1) is 8.06. The third-order valence-electron chi connectivity index (χ3n) is 2.36. The molecule has 8 heteroatoms. The lowest BCUT2D eigenvalue weighted by atomic mass is 10.4. The fourth-order valence-electron chi connectivity index (χ4n) is 1.47. The maximum Gasteiger partial charge on any atom is 0.332 e. The third kappa shape index (κ3) is 1.59. The van der Waals surface area contributed by atoms with Crippen LogP contribution < -0.4 is 11.2 Å². The first-order valence-corrected chi connectivity index (χ1v) is 4.66. The van der Waals surface area contributed by atoms with E-state index in [1.807, 2.05) is 0 Å². The van der Waals surface area contributed by atoms with Crippen molar-refractivity contribution in [1.82, 2.24) is 19.1 Å². The normalized spacial score (nSPS) is 11.4. The molecule has 17 heavy (non-hydrogen) atoms. The van der Waals surface area contributed by atoms with Crippen molar-refractivity contribution in [1.29, 1.82) is 0 Å². The van der Waals surface area contributed by atoms with Crippen LogP contribution in [0.25, 0.3) is 11.2 Å². The van der Waals surface area contributed by atoms with Crippen molar-refractivity contribution in [2.45, 2.75) is 0 Å². The summed E-state index contributed by atoms with van der Waals surface area (Å²) in [5, 5.41) is 11.2. The quantitative estimate of drug-likeness (QED) is 0.381. The minimum absolute atomic E-state index is 0.0481. The highest BCUT2D eigenvalue weighted by molar-refractivity contribution is 5.80. The summed E-state index contributed by atoms with van der Waals surface area (Å²) in [5.74, 6) is 0. The summed E-state index contributed by atoms with van der Waals surface area (Å²) in [7, 11) is 2.86. The Kier molecular flexibility index (Phi) is 2.47. The van der Waals surface area contributed by atoms with Gasteiger partial charge in [0.2, 0.25) is 0 Å². The lowest BCUT2D eigenvalue weighted by Crippen LogP contribution is -2.37. The number of fused-ring (bicyclic) bond motifs is 1. The SMILES string of the molecule is Cn1c(=O)c2nc(/C=N\O)cnc2n(C)c1=O. The van der Waals surface area contributed by atoms with E-state index in [0.29, 0.717) is 0 Å². The van der Waals surface area contributed by atoms with Gasteiger partial charge in [-0.15, -0.1) is 0 Å². The highest BCUT2D eigenvalue weighted by Crippen LogP contribution is 2.00. The molecule has 0 atom stereocenters. The Morgan fingerprint density at radius 2 is 2.06 bits per heavy atom. The van der Waals surface area contributed by atoms with Crippen LogP contribution in [0.2, 0.25) is 0 Å². The molecule has 2 aromatic heterocycles. The van der Waals surface area contributed by atoms with Crippen molar-refractivity contribution in [2.24, 2.45) is 19.3 Å². The van der Waals surface area contributed by atoms with Crippen LogP contribution in [0.3, 0.4) is 0 Å². The molecule has 0 spiro atoms. The zero-order chi connectivity index (χ0) is 12.6. The molecule has 1 N–H and O–H groups in total. The highest BCUT2D eigenvalue weighted by atomic mass is 16.4. The summed E-state index contributed by atoms with van der Waals surface area (Å²) < 4.78 is 2.17. The van der Waals surface area contributed by atoms with Crippen molar-refractivity contribution in [2.75, 3.05) is 0 Å². The van der Waals surface area contributed by atoms with E-state index in [2.05, 4.69) is 15.1 Å². The van der Waals surface area contributed by atoms with E-state index in [0.717, 1.165) is 10.8 Å². The Hall–Kier alpha value is -2.51. The number of hydrogen-bond acceptors (Lipinski definition) is 6. The van der Waals surface area contributed by atoms with Crippen molar-refractivity contribution >= 4 is 17.4 Å². The van der Waals surface area contributed by atoms with Gasteiger partial charge >= 0.3 is 5.69 Å². The average molecular weight is 235 g/mol. The van der Waals surface area contributed by atoms with Crippen LogP contribution >= 0.6 is 0 Å². The van der Waals surface area contributed by atoms with Gasteiger partial charge in [-0.2, -0.15) is 0 Å². The first kappa shape index (κ1) is 11.0. The van der Waals surface area contributed by atoms with Crippen molar-refractivity contribution in [3.05, 3.63) is 32.7 Å². The van der Waals surface area contributed by atoms with E-state index in [1.54, 1.807) is 0 Å².